The van der Waals surface area contributed by atoms with Crippen LogP contribution in [0.15, 0.2) is 121 Å². The summed E-state index contributed by atoms with van der Waals surface area (Å²) in [6.07, 6.45) is 0. The highest BCUT2D eigenvalue weighted by atomic mass is 16.5. The Balaban J connectivity index is 1.39. The molecule has 0 aliphatic carbocycles. The first-order valence-corrected chi connectivity index (χ1v) is 11.6. The summed E-state index contributed by atoms with van der Waals surface area (Å²) < 4.78 is 12.1. The van der Waals surface area contributed by atoms with Crippen LogP contribution in [-0.4, -0.2) is 4.98 Å². The molecule has 4 aromatic carbocycles. The number of aromatic nitrogens is 1. The van der Waals surface area contributed by atoms with Gasteiger partial charge < -0.3 is 15.2 Å². The first-order valence-electron chi connectivity index (χ1n) is 11.6. The van der Waals surface area contributed by atoms with Gasteiger partial charge in [-0.3, -0.25) is 0 Å². The Hall–Kier alpha value is -4.57. The normalized spacial score (nSPS) is 10.6. The number of rotatable bonds is 8. The number of ether oxygens (including phenoxy) is 2. The van der Waals surface area contributed by atoms with E-state index < -0.39 is 0 Å². The van der Waals surface area contributed by atoms with Crippen molar-refractivity contribution in [2.45, 2.75) is 13.2 Å². The quantitative estimate of drug-likeness (QED) is 0.268. The number of hydrogen-bond acceptors (Lipinski definition) is 4. The Bertz CT molecular complexity index is 1390. The van der Waals surface area contributed by atoms with Gasteiger partial charge in [0.1, 0.15) is 30.5 Å². The van der Waals surface area contributed by atoms with Gasteiger partial charge in [0.25, 0.3) is 0 Å². The number of pyridine rings is 1. The summed E-state index contributed by atoms with van der Waals surface area (Å²) in [6, 6.07) is 40.2. The average Bonchev–Trinajstić information content (AvgIpc) is 2.92. The second-order valence-electron chi connectivity index (χ2n) is 8.23. The van der Waals surface area contributed by atoms with Crippen LogP contribution in [0.3, 0.4) is 0 Å². The Morgan fingerprint density at radius 3 is 1.86 bits per heavy atom. The Morgan fingerprint density at radius 1 is 0.571 bits per heavy atom. The number of nitrogens with two attached hydrogens (primary N) is 1. The number of hydrogen-bond donors (Lipinski definition) is 1. The van der Waals surface area contributed by atoms with Crippen molar-refractivity contribution in [1.29, 1.82) is 0 Å². The van der Waals surface area contributed by atoms with Gasteiger partial charge in [0, 0.05) is 5.56 Å². The van der Waals surface area contributed by atoms with E-state index in [0.29, 0.717) is 19.0 Å². The van der Waals surface area contributed by atoms with Crippen LogP contribution < -0.4 is 15.2 Å². The molecule has 0 bridgehead atoms. The molecule has 0 aliphatic rings. The van der Waals surface area contributed by atoms with Crippen LogP contribution in [0.2, 0.25) is 0 Å². The maximum Gasteiger partial charge on any atom is 0.129 e. The van der Waals surface area contributed by atoms with Crippen molar-refractivity contribution >= 4 is 5.82 Å². The lowest BCUT2D eigenvalue weighted by Gasteiger charge is -2.14. The molecule has 1 heterocycles. The van der Waals surface area contributed by atoms with E-state index in [2.05, 4.69) is 41.4 Å². The van der Waals surface area contributed by atoms with Gasteiger partial charge in [-0.1, -0.05) is 84.9 Å². The van der Waals surface area contributed by atoms with E-state index in [0.717, 1.165) is 45.0 Å². The molecule has 35 heavy (non-hydrogen) atoms. The van der Waals surface area contributed by atoms with Crippen molar-refractivity contribution < 1.29 is 9.47 Å². The lowest BCUT2D eigenvalue weighted by Crippen LogP contribution is -1.99. The third-order valence-electron chi connectivity index (χ3n) is 5.70. The maximum absolute atomic E-state index is 6.20. The van der Waals surface area contributed by atoms with E-state index in [1.165, 1.54) is 0 Å². The van der Waals surface area contributed by atoms with Gasteiger partial charge in [0.15, 0.2) is 0 Å². The number of benzene rings is 4. The number of anilines is 1. The van der Waals surface area contributed by atoms with E-state index >= 15 is 0 Å². The van der Waals surface area contributed by atoms with Crippen molar-refractivity contribution in [2.75, 3.05) is 5.73 Å². The van der Waals surface area contributed by atoms with Gasteiger partial charge >= 0.3 is 0 Å². The molecule has 0 amide bonds. The van der Waals surface area contributed by atoms with Gasteiger partial charge in [-0.2, -0.15) is 0 Å². The van der Waals surface area contributed by atoms with Gasteiger partial charge in [-0.15, -0.1) is 0 Å². The third-order valence-corrected chi connectivity index (χ3v) is 5.70. The van der Waals surface area contributed by atoms with Gasteiger partial charge in [-0.05, 0) is 58.7 Å². The minimum absolute atomic E-state index is 0.474. The molecule has 172 valence electrons. The fraction of sp³-hybridized carbons (Fsp3) is 0.0645. The fourth-order valence-corrected chi connectivity index (χ4v) is 3.86. The van der Waals surface area contributed by atoms with E-state index in [-0.39, 0.29) is 0 Å². The zero-order chi connectivity index (χ0) is 23.9. The standard InChI is InChI=1S/C31H26N2O2/c32-31-13-7-12-29(33-31)28-20-26(16-19-30(28)35-22-24-10-5-2-6-11-24)25-14-17-27(18-15-25)34-21-23-8-3-1-4-9-23/h1-20H,21-22H2,(H2,32,33). The number of nitrogen functional groups attached to an aromatic ring is 1. The monoisotopic (exact) mass is 458 g/mol. The average molecular weight is 459 g/mol. The predicted molar refractivity (Wildman–Crippen MR) is 141 cm³/mol. The largest absolute Gasteiger partial charge is 0.489 e. The minimum Gasteiger partial charge on any atom is -0.489 e. The highest BCUT2D eigenvalue weighted by molar-refractivity contribution is 5.76. The van der Waals surface area contributed by atoms with Crippen LogP contribution in [0, 0.1) is 0 Å². The topological polar surface area (TPSA) is 57.4 Å². The molecule has 5 rings (SSSR count). The van der Waals surface area contributed by atoms with Crippen molar-refractivity contribution in [3.63, 3.8) is 0 Å². The first kappa shape index (κ1) is 22.2. The van der Waals surface area contributed by atoms with Gasteiger partial charge in [0.05, 0.1) is 5.69 Å². The molecule has 0 saturated heterocycles. The molecule has 0 saturated carbocycles. The van der Waals surface area contributed by atoms with Crippen LogP contribution >= 0.6 is 0 Å². The molecule has 0 unspecified atom stereocenters. The molecule has 2 N–H and O–H groups in total. The molecule has 0 atom stereocenters. The van der Waals surface area contributed by atoms with E-state index in [9.17, 15) is 0 Å². The summed E-state index contributed by atoms with van der Waals surface area (Å²) in [7, 11) is 0. The molecule has 1 aromatic heterocycles. The molecular formula is C31H26N2O2. The zero-order valence-electron chi connectivity index (χ0n) is 19.3. The Morgan fingerprint density at radius 2 is 1.20 bits per heavy atom. The molecule has 0 aliphatic heterocycles. The maximum atomic E-state index is 6.20. The minimum atomic E-state index is 0.474. The fourth-order valence-electron chi connectivity index (χ4n) is 3.86. The summed E-state index contributed by atoms with van der Waals surface area (Å²) in [5.74, 6) is 2.07. The SMILES string of the molecule is Nc1cccc(-c2cc(-c3ccc(OCc4ccccc4)cc3)ccc2OCc2ccccc2)n1. The Kier molecular flexibility index (Phi) is 6.72. The van der Waals surface area contributed by atoms with Crippen LogP contribution in [-0.2, 0) is 13.2 Å². The lowest BCUT2D eigenvalue weighted by atomic mass is 10.0. The van der Waals surface area contributed by atoms with E-state index in [1.54, 1.807) is 6.07 Å². The molecular weight excluding hydrogens is 432 g/mol. The van der Waals surface area contributed by atoms with Crippen LogP contribution in [0.25, 0.3) is 22.4 Å². The molecule has 5 aromatic rings. The van der Waals surface area contributed by atoms with Crippen molar-refractivity contribution in [1.82, 2.24) is 4.98 Å². The molecule has 4 heteroatoms. The molecule has 4 nitrogen and oxygen atoms in total. The van der Waals surface area contributed by atoms with Crippen LogP contribution in [0.1, 0.15) is 11.1 Å². The molecule has 0 fully saturated rings. The third kappa shape index (κ3) is 5.68. The summed E-state index contributed by atoms with van der Waals surface area (Å²) in [5, 5.41) is 0. The first-order chi connectivity index (χ1) is 17.2. The summed E-state index contributed by atoms with van der Waals surface area (Å²) in [5.41, 5.74) is 12.0. The van der Waals surface area contributed by atoms with Gasteiger partial charge in [0.2, 0.25) is 0 Å². The van der Waals surface area contributed by atoms with Crippen molar-refractivity contribution in [3.05, 3.63) is 132 Å². The highest BCUT2D eigenvalue weighted by Gasteiger charge is 2.12. The van der Waals surface area contributed by atoms with E-state index in [4.69, 9.17) is 15.2 Å². The summed E-state index contributed by atoms with van der Waals surface area (Å²) in [4.78, 5) is 4.54. The lowest BCUT2D eigenvalue weighted by molar-refractivity contribution is 0.306. The van der Waals surface area contributed by atoms with E-state index in [1.807, 2.05) is 78.9 Å². The predicted octanol–water partition coefficient (Wildman–Crippen LogP) is 7.16. The second kappa shape index (κ2) is 10.6. The summed E-state index contributed by atoms with van der Waals surface area (Å²) >= 11 is 0. The second-order valence-corrected chi connectivity index (χ2v) is 8.23. The summed E-state index contributed by atoms with van der Waals surface area (Å²) in [6.45, 7) is 1.02. The smallest absolute Gasteiger partial charge is 0.129 e. The van der Waals surface area contributed by atoms with Crippen molar-refractivity contribution in [2.24, 2.45) is 0 Å². The molecule has 0 radical (unpaired) electrons. The Labute approximate surface area is 205 Å². The molecule has 0 spiro atoms. The van der Waals surface area contributed by atoms with Crippen molar-refractivity contribution in [3.8, 4) is 33.9 Å². The van der Waals surface area contributed by atoms with Gasteiger partial charge in [-0.25, -0.2) is 4.98 Å². The van der Waals surface area contributed by atoms with Crippen LogP contribution in [0.5, 0.6) is 11.5 Å². The number of nitrogens with zero attached hydrogens (tertiary/aromatic N) is 1. The zero-order valence-corrected chi connectivity index (χ0v) is 19.3. The van der Waals surface area contributed by atoms with Crippen LogP contribution in [0.4, 0.5) is 5.82 Å². The highest BCUT2D eigenvalue weighted by Crippen LogP contribution is 2.35.